The first-order valence-corrected chi connectivity index (χ1v) is 10.8. The SMILES string of the molecule is O=S(=O)(NCCCCCN1CCc2ccccc2C1)c1cccs1. The number of nitrogens with zero attached hydrogens (tertiary/aromatic N) is 1. The van der Waals surface area contributed by atoms with Gasteiger partial charge in [-0.15, -0.1) is 11.3 Å². The average molecular weight is 365 g/mol. The highest BCUT2D eigenvalue weighted by Crippen LogP contribution is 2.19. The highest BCUT2D eigenvalue weighted by molar-refractivity contribution is 7.91. The maximum Gasteiger partial charge on any atom is 0.250 e. The largest absolute Gasteiger partial charge is 0.299 e. The molecule has 0 unspecified atom stereocenters. The molecule has 4 nitrogen and oxygen atoms in total. The van der Waals surface area contributed by atoms with Gasteiger partial charge in [-0.05, 0) is 48.4 Å². The molecule has 1 aliphatic heterocycles. The molecule has 1 N–H and O–H groups in total. The summed E-state index contributed by atoms with van der Waals surface area (Å²) in [5, 5.41) is 1.78. The third-order valence-electron chi connectivity index (χ3n) is 4.41. The van der Waals surface area contributed by atoms with Gasteiger partial charge in [-0.25, -0.2) is 13.1 Å². The van der Waals surface area contributed by atoms with Crippen molar-refractivity contribution in [1.82, 2.24) is 9.62 Å². The van der Waals surface area contributed by atoms with Crippen molar-refractivity contribution in [2.45, 2.75) is 36.4 Å². The molecule has 0 atom stereocenters. The number of fused-ring (bicyclic) bond motifs is 1. The van der Waals surface area contributed by atoms with Crippen LogP contribution in [0.4, 0.5) is 0 Å². The lowest BCUT2D eigenvalue weighted by atomic mass is 10.00. The van der Waals surface area contributed by atoms with Gasteiger partial charge >= 0.3 is 0 Å². The molecule has 2 heterocycles. The molecule has 1 aliphatic rings. The molecule has 0 amide bonds. The summed E-state index contributed by atoms with van der Waals surface area (Å²) in [6.45, 7) is 3.78. The van der Waals surface area contributed by atoms with Crippen LogP contribution in [0.3, 0.4) is 0 Å². The molecule has 0 aliphatic carbocycles. The van der Waals surface area contributed by atoms with E-state index >= 15 is 0 Å². The standard InChI is InChI=1S/C18H24N2O2S2/c21-24(22,18-9-6-14-23-18)19-11-4-1-5-12-20-13-10-16-7-2-3-8-17(16)15-20/h2-3,6-9,14,19H,1,4-5,10-13,15H2. The fourth-order valence-corrected chi connectivity index (χ4v) is 5.19. The van der Waals surface area contributed by atoms with E-state index in [1.54, 1.807) is 17.5 Å². The van der Waals surface area contributed by atoms with E-state index in [0.717, 1.165) is 45.3 Å². The van der Waals surface area contributed by atoms with E-state index in [9.17, 15) is 8.42 Å². The van der Waals surface area contributed by atoms with Gasteiger partial charge in [0.05, 0.1) is 0 Å². The average Bonchev–Trinajstić information content (AvgIpc) is 3.13. The van der Waals surface area contributed by atoms with E-state index in [1.807, 2.05) is 0 Å². The van der Waals surface area contributed by atoms with Gasteiger partial charge in [-0.3, -0.25) is 4.90 Å². The number of thiophene rings is 1. The number of hydrogen-bond donors (Lipinski definition) is 1. The molecule has 0 spiro atoms. The zero-order chi connectivity index (χ0) is 16.8. The van der Waals surface area contributed by atoms with E-state index in [2.05, 4.69) is 33.9 Å². The lowest BCUT2D eigenvalue weighted by Crippen LogP contribution is -2.31. The Morgan fingerprint density at radius 1 is 1.04 bits per heavy atom. The number of rotatable bonds is 8. The van der Waals surface area contributed by atoms with Crippen LogP contribution in [0, 0.1) is 0 Å². The summed E-state index contributed by atoms with van der Waals surface area (Å²) in [7, 11) is -3.30. The van der Waals surface area contributed by atoms with Crippen LogP contribution in [0.25, 0.3) is 0 Å². The van der Waals surface area contributed by atoms with Crippen LogP contribution in [-0.4, -0.2) is 33.0 Å². The molecule has 3 rings (SSSR count). The third kappa shape index (κ3) is 4.66. The number of sulfonamides is 1. The monoisotopic (exact) mass is 364 g/mol. The van der Waals surface area contributed by atoms with E-state index in [0.29, 0.717) is 10.8 Å². The molecule has 1 aromatic carbocycles. The van der Waals surface area contributed by atoms with Gasteiger partial charge in [0.1, 0.15) is 4.21 Å². The summed E-state index contributed by atoms with van der Waals surface area (Å²) in [4.78, 5) is 2.50. The first-order chi connectivity index (χ1) is 11.6. The Balaban J connectivity index is 1.32. The molecule has 0 bridgehead atoms. The molecule has 24 heavy (non-hydrogen) atoms. The maximum atomic E-state index is 12.0. The first-order valence-electron chi connectivity index (χ1n) is 8.47. The van der Waals surface area contributed by atoms with Crippen LogP contribution in [0.5, 0.6) is 0 Å². The molecule has 1 aromatic heterocycles. The van der Waals surface area contributed by atoms with Gasteiger partial charge in [0, 0.05) is 19.6 Å². The summed E-state index contributed by atoms with van der Waals surface area (Å²) >= 11 is 1.25. The highest BCUT2D eigenvalue weighted by Gasteiger charge is 2.15. The minimum absolute atomic E-state index is 0.398. The smallest absolute Gasteiger partial charge is 0.250 e. The van der Waals surface area contributed by atoms with E-state index in [-0.39, 0.29) is 0 Å². The first kappa shape index (κ1) is 17.6. The Hall–Kier alpha value is -1.21. The zero-order valence-electron chi connectivity index (χ0n) is 13.8. The van der Waals surface area contributed by atoms with Crippen LogP contribution in [0.2, 0.25) is 0 Å². The lowest BCUT2D eigenvalue weighted by Gasteiger charge is -2.28. The molecule has 0 saturated carbocycles. The number of nitrogens with one attached hydrogen (secondary N) is 1. The minimum Gasteiger partial charge on any atom is -0.299 e. The van der Waals surface area contributed by atoms with Gasteiger partial charge in [-0.1, -0.05) is 36.8 Å². The summed E-state index contributed by atoms with van der Waals surface area (Å²) in [6, 6.07) is 12.1. The molecule has 0 fully saturated rings. The second kappa shape index (κ2) is 8.25. The Morgan fingerprint density at radius 3 is 2.67 bits per heavy atom. The number of hydrogen-bond acceptors (Lipinski definition) is 4. The van der Waals surface area contributed by atoms with E-state index in [1.165, 1.54) is 22.5 Å². The second-order valence-electron chi connectivity index (χ2n) is 6.19. The van der Waals surface area contributed by atoms with Crippen molar-refractivity contribution in [1.29, 1.82) is 0 Å². The fourth-order valence-electron chi connectivity index (χ4n) is 3.08. The molecule has 130 valence electrons. The fraction of sp³-hybridized carbons (Fsp3) is 0.444. The van der Waals surface area contributed by atoms with Gasteiger partial charge < -0.3 is 0 Å². The Morgan fingerprint density at radius 2 is 1.88 bits per heavy atom. The maximum absolute atomic E-state index is 12.0. The van der Waals surface area contributed by atoms with Gasteiger partial charge in [0.25, 0.3) is 0 Å². The summed E-state index contributed by atoms with van der Waals surface area (Å²) < 4.78 is 27.0. The zero-order valence-corrected chi connectivity index (χ0v) is 15.4. The lowest BCUT2D eigenvalue weighted by molar-refractivity contribution is 0.248. The van der Waals surface area contributed by atoms with Crippen molar-refractivity contribution in [3.63, 3.8) is 0 Å². The van der Waals surface area contributed by atoms with Crippen LogP contribution in [0.15, 0.2) is 46.0 Å². The summed E-state index contributed by atoms with van der Waals surface area (Å²) in [5.74, 6) is 0. The van der Waals surface area contributed by atoms with Gasteiger partial charge in [0.2, 0.25) is 10.0 Å². The Bertz CT molecular complexity index is 742. The molecule has 6 heteroatoms. The topological polar surface area (TPSA) is 49.4 Å². The Kier molecular flexibility index (Phi) is 6.05. The third-order valence-corrected chi connectivity index (χ3v) is 7.27. The summed E-state index contributed by atoms with van der Waals surface area (Å²) in [6.07, 6.45) is 4.18. The Labute approximate surface area is 148 Å². The second-order valence-corrected chi connectivity index (χ2v) is 9.13. The predicted octanol–water partition coefficient (Wildman–Crippen LogP) is 3.26. The van der Waals surface area contributed by atoms with Crippen LogP contribution in [-0.2, 0) is 23.0 Å². The summed E-state index contributed by atoms with van der Waals surface area (Å²) in [5.41, 5.74) is 2.93. The number of unbranched alkanes of at least 4 members (excludes halogenated alkanes) is 2. The van der Waals surface area contributed by atoms with Crippen molar-refractivity contribution in [2.24, 2.45) is 0 Å². The van der Waals surface area contributed by atoms with Crippen molar-refractivity contribution in [2.75, 3.05) is 19.6 Å². The van der Waals surface area contributed by atoms with Crippen LogP contribution >= 0.6 is 11.3 Å². The quantitative estimate of drug-likeness (QED) is 0.732. The molecule has 0 saturated heterocycles. The highest BCUT2D eigenvalue weighted by atomic mass is 32.2. The molecular formula is C18H24N2O2S2. The van der Waals surface area contributed by atoms with Gasteiger partial charge in [0.15, 0.2) is 0 Å². The van der Waals surface area contributed by atoms with E-state index in [4.69, 9.17) is 0 Å². The molecule has 0 radical (unpaired) electrons. The van der Waals surface area contributed by atoms with Crippen LogP contribution in [0.1, 0.15) is 30.4 Å². The predicted molar refractivity (Wildman–Crippen MR) is 98.8 cm³/mol. The molecular weight excluding hydrogens is 340 g/mol. The van der Waals surface area contributed by atoms with E-state index < -0.39 is 10.0 Å². The van der Waals surface area contributed by atoms with Crippen molar-refractivity contribution >= 4 is 21.4 Å². The van der Waals surface area contributed by atoms with Crippen molar-refractivity contribution in [3.05, 3.63) is 52.9 Å². The number of benzene rings is 1. The molecule has 2 aromatic rings. The van der Waals surface area contributed by atoms with Gasteiger partial charge in [-0.2, -0.15) is 0 Å². The van der Waals surface area contributed by atoms with Crippen LogP contribution < -0.4 is 4.72 Å². The van der Waals surface area contributed by atoms with Crippen molar-refractivity contribution in [3.8, 4) is 0 Å². The minimum atomic E-state index is -3.30. The normalized spacial score (nSPS) is 15.3. The van der Waals surface area contributed by atoms with Crippen molar-refractivity contribution < 1.29 is 8.42 Å².